The van der Waals surface area contributed by atoms with E-state index in [2.05, 4.69) is 32.6 Å². The molecule has 96 valence electrons. The molecule has 0 saturated heterocycles. The van der Waals surface area contributed by atoms with E-state index in [1.54, 1.807) is 0 Å². The molecule has 2 nitrogen and oxygen atoms in total. The minimum atomic E-state index is 0.664. The first kappa shape index (κ1) is 14.0. The van der Waals surface area contributed by atoms with Gasteiger partial charge in [0.1, 0.15) is 0 Å². The van der Waals surface area contributed by atoms with Crippen LogP contribution >= 0.6 is 0 Å². The van der Waals surface area contributed by atoms with Crippen LogP contribution in [0, 0.1) is 11.8 Å². The molecule has 1 rings (SSSR count). The average molecular weight is 226 g/mol. The molecular formula is C14H30N2. The highest BCUT2D eigenvalue weighted by Crippen LogP contribution is 2.32. The molecule has 1 saturated carbocycles. The summed E-state index contributed by atoms with van der Waals surface area (Å²) in [7, 11) is 0. The van der Waals surface area contributed by atoms with Crippen molar-refractivity contribution in [3.63, 3.8) is 0 Å². The summed E-state index contributed by atoms with van der Waals surface area (Å²) < 4.78 is 0. The predicted octanol–water partition coefficient (Wildman–Crippen LogP) is 2.87. The molecule has 0 amide bonds. The van der Waals surface area contributed by atoms with Crippen LogP contribution in [0.1, 0.15) is 53.4 Å². The molecular weight excluding hydrogens is 196 g/mol. The van der Waals surface area contributed by atoms with Crippen molar-refractivity contribution in [3.8, 4) is 0 Å². The molecule has 1 fully saturated rings. The summed E-state index contributed by atoms with van der Waals surface area (Å²) in [6.45, 7) is 11.5. The molecule has 0 aromatic rings. The zero-order chi connectivity index (χ0) is 12.1. The van der Waals surface area contributed by atoms with Crippen LogP contribution in [0.2, 0.25) is 0 Å². The van der Waals surface area contributed by atoms with E-state index in [4.69, 9.17) is 5.73 Å². The summed E-state index contributed by atoms with van der Waals surface area (Å²) in [6, 6.07) is 1.47. The third-order valence-corrected chi connectivity index (χ3v) is 4.32. The Morgan fingerprint density at radius 3 is 2.38 bits per heavy atom. The second-order valence-corrected chi connectivity index (χ2v) is 5.90. The molecule has 0 aliphatic heterocycles. The SMILES string of the molecule is CC1CCC(N(CCCN)C(C)C)CC1C. The van der Waals surface area contributed by atoms with E-state index < -0.39 is 0 Å². The van der Waals surface area contributed by atoms with Crippen LogP contribution in [0.5, 0.6) is 0 Å². The lowest BCUT2D eigenvalue weighted by molar-refractivity contribution is 0.0827. The highest BCUT2D eigenvalue weighted by Gasteiger charge is 2.29. The zero-order valence-electron chi connectivity index (χ0n) is 11.6. The van der Waals surface area contributed by atoms with E-state index in [-0.39, 0.29) is 0 Å². The molecule has 3 atom stereocenters. The lowest BCUT2D eigenvalue weighted by atomic mass is 9.78. The van der Waals surface area contributed by atoms with E-state index in [9.17, 15) is 0 Å². The Morgan fingerprint density at radius 1 is 1.19 bits per heavy atom. The highest BCUT2D eigenvalue weighted by molar-refractivity contribution is 4.83. The first-order valence-corrected chi connectivity index (χ1v) is 7.02. The Balaban J connectivity index is 2.51. The maximum atomic E-state index is 5.63. The van der Waals surface area contributed by atoms with Gasteiger partial charge in [-0.15, -0.1) is 0 Å². The van der Waals surface area contributed by atoms with Crippen LogP contribution in [-0.4, -0.2) is 30.1 Å². The Labute approximate surface area is 102 Å². The summed E-state index contributed by atoms with van der Waals surface area (Å²) in [5.41, 5.74) is 5.63. The molecule has 16 heavy (non-hydrogen) atoms. The largest absolute Gasteiger partial charge is 0.330 e. The van der Waals surface area contributed by atoms with Crippen molar-refractivity contribution >= 4 is 0 Å². The fraction of sp³-hybridized carbons (Fsp3) is 1.00. The smallest absolute Gasteiger partial charge is 0.0101 e. The van der Waals surface area contributed by atoms with Crippen LogP contribution in [0.3, 0.4) is 0 Å². The van der Waals surface area contributed by atoms with Crippen LogP contribution in [0.25, 0.3) is 0 Å². The third-order valence-electron chi connectivity index (χ3n) is 4.32. The van der Waals surface area contributed by atoms with Crippen molar-refractivity contribution in [1.29, 1.82) is 0 Å². The maximum Gasteiger partial charge on any atom is 0.0101 e. The van der Waals surface area contributed by atoms with Gasteiger partial charge in [-0.05, 0) is 64.5 Å². The van der Waals surface area contributed by atoms with Crippen molar-refractivity contribution in [3.05, 3.63) is 0 Å². The Kier molecular flexibility index (Phi) is 5.77. The minimum absolute atomic E-state index is 0.664. The molecule has 0 spiro atoms. The number of nitrogens with two attached hydrogens (primary N) is 1. The standard InChI is InChI=1S/C14H30N2/c1-11(2)16(9-5-8-15)14-7-6-12(3)13(4)10-14/h11-14H,5-10,15H2,1-4H3. The molecule has 1 aliphatic carbocycles. The van der Waals surface area contributed by atoms with E-state index in [1.807, 2.05) is 0 Å². The van der Waals surface area contributed by atoms with Gasteiger partial charge in [-0.1, -0.05) is 13.8 Å². The summed E-state index contributed by atoms with van der Waals surface area (Å²) in [4.78, 5) is 2.68. The van der Waals surface area contributed by atoms with Crippen molar-refractivity contribution in [2.24, 2.45) is 17.6 Å². The quantitative estimate of drug-likeness (QED) is 0.781. The fourth-order valence-electron chi connectivity index (χ4n) is 2.96. The molecule has 0 aromatic carbocycles. The van der Waals surface area contributed by atoms with Gasteiger partial charge < -0.3 is 5.73 Å². The van der Waals surface area contributed by atoms with Crippen LogP contribution in [0.15, 0.2) is 0 Å². The van der Waals surface area contributed by atoms with Gasteiger partial charge in [0.15, 0.2) is 0 Å². The van der Waals surface area contributed by atoms with Crippen molar-refractivity contribution in [1.82, 2.24) is 4.90 Å². The third kappa shape index (κ3) is 3.74. The topological polar surface area (TPSA) is 29.3 Å². The van der Waals surface area contributed by atoms with Crippen molar-refractivity contribution in [2.45, 2.75) is 65.5 Å². The van der Waals surface area contributed by atoms with E-state index >= 15 is 0 Å². The van der Waals surface area contributed by atoms with Gasteiger partial charge in [0.2, 0.25) is 0 Å². The molecule has 0 bridgehead atoms. The normalized spacial score (nSPS) is 31.3. The molecule has 0 heterocycles. The van der Waals surface area contributed by atoms with E-state index in [1.165, 1.54) is 25.8 Å². The van der Waals surface area contributed by atoms with Gasteiger partial charge in [0.25, 0.3) is 0 Å². The fourth-order valence-corrected chi connectivity index (χ4v) is 2.96. The molecule has 2 N–H and O–H groups in total. The van der Waals surface area contributed by atoms with Crippen LogP contribution in [0.4, 0.5) is 0 Å². The first-order chi connectivity index (χ1) is 7.56. The van der Waals surface area contributed by atoms with Gasteiger partial charge in [0.05, 0.1) is 0 Å². The van der Waals surface area contributed by atoms with E-state index in [0.717, 1.165) is 30.8 Å². The molecule has 1 aliphatic rings. The molecule has 3 unspecified atom stereocenters. The Hall–Kier alpha value is -0.0800. The molecule has 0 radical (unpaired) electrons. The van der Waals surface area contributed by atoms with Crippen molar-refractivity contribution < 1.29 is 0 Å². The number of hydrogen-bond acceptors (Lipinski definition) is 2. The summed E-state index contributed by atoms with van der Waals surface area (Å²) >= 11 is 0. The minimum Gasteiger partial charge on any atom is -0.330 e. The monoisotopic (exact) mass is 226 g/mol. The summed E-state index contributed by atoms with van der Waals surface area (Å²) in [5, 5.41) is 0. The zero-order valence-corrected chi connectivity index (χ0v) is 11.6. The van der Waals surface area contributed by atoms with Gasteiger partial charge >= 0.3 is 0 Å². The molecule has 2 heteroatoms. The Bertz CT molecular complexity index is 191. The lowest BCUT2D eigenvalue weighted by Gasteiger charge is -2.41. The average Bonchev–Trinajstić information content (AvgIpc) is 2.23. The Morgan fingerprint density at radius 2 is 1.88 bits per heavy atom. The van der Waals surface area contributed by atoms with Gasteiger partial charge in [-0.2, -0.15) is 0 Å². The van der Waals surface area contributed by atoms with Gasteiger partial charge in [-0.25, -0.2) is 0 Å². The van der Waals surface area contributed by atoms with Crippen LogP contribution < -0.4 is 5.73 Å². The second-order valence-electron chi connectivity index (χ2n) is 5.90. The number of rotatable bonds is 5. The van der Waals surface area contributed by atoms with Gasteiger partial charge in [0, 0.05) is 12.1 Å². The molecule has 0 aromatic heterocycles. The highest BCUT2D eigenvalue weighted by atomic mass is 15.2. The number of nitrogens with zero attached hydrogens (tertiary/aromatic N) is 1. The van der Waals surface area contributed by atoms with Gasteiger partial charge in [-0.3, -0.25) is 4.90 Å². The summed E-state index contributed by atoms with van der Waals surface area (Å²) in [6.07, 6.45) is 5.30. The van der Waals surface area contributed by atoms with E-state index in [0.29, 0.717) is 6.04 Å². The first-order valence-electron chi connectivity index (χ1n) is 7.02. The second kappa shape index (κ2) is 6.61. The maximum absolute atomic E-state index is 5.63. The number of hydrogen-bond donors (Lipinski definition) is 1. The van der Waals surface area contributed by atoms with Crippen LogP contribution in [-0.2, 0) is 0 Å². The summed E-state index contributed by atoms with van der Waals surface area (Å²) in [5.74, 6) is 1.80. The lowest BCUT2D eigenvalue weighted by Crippen LogP contribution is -2.45. The van der Waals surface area contributed by atoms with Crippen molar-refractivity contribution in [2.75, 3.05) is 13.1 Å². The predicted molar refractivity (Wildman–Crippen MR) is 71.5 cm³/mol.